The van der Waals surface area contributed by atoms with Gasteiger partial charge in [-0.25, -0.2) is 0 Å². The van der Waals surface area contributed by atoms with Crippen LogP contribution in [0.4, 0.5) is 0 Å². The van der Waals surface area contributed by atoms with Gasteiger partial charge in [0.1, 0.15) is 5.75 Å². The molecule has 0 saturated heterocycles. The Morgan fingerprint density at radius 1 is 1.16 bits per heavy atom. The first-order valence-electron chi connectivity index (χ1n) is 10.4. The molecular formula is C23H39NO. The van der Waals surface area contributed by atoms with E-state index in [1.165, 1.54) is 57.1 Å². The summed E-state index contributed by atoms with van der Waals surface area (Å²) in [4.78, 5) is 2.68. The monoisotopic (exact) mass is 345 g/mol. The van der Waals surface area contributed by atoms with E-state index in [2.05, 4.69) is 57.8 Å². The Hall–Kier alpha value is -1.02. The molecule has 2 heteroatoms. The summed E-state index contributed by atoms with van der Waals surface area (Å²) in [6.45, 7) is 10.7. The standard InChI is InChI=1S/C23H39NO/c1-7-10-15-24(5)22-19(11-8-2)16-18-12-13-20(25-6)17-21(18)23(22,4)14-9-3/h12-13,17,19,22H,7-11,14-16H2,1-6H3/t19-,22-,23+/m0/s1. The number of rotatable bonds is 9. The molecule has 2 nitrogen and oxygen atoms in total. The fourth-order valence-corrected chi connectivity index (χ4v) is 5.29. The highest BCUT2D eigenvalue weighted by Crippen LogP contribution is 2.47. The van der Waals surface area contributed by atoms with Crippen LogP contribution in [0.2, 0.25) is 0 Å². The average Bonchev–Trinajstić information content (AvgIpc) is 2.60. The lowest BCUT2D eigenvalue weighted by molar-refractivity contribution is 0.0727. The van der Waals surface area contributed by atoms with Gasteiger partial charge in [-0.15, -0.1) is 0 Å². The largest absolute Gasteiger partial charge is 0.497 e. The van der Waals surface area contributed by atoms with Gasteiger partial charge in [-0.3, -0.25) is 0 Å². The van der Waals surface area contributed by atoms with E-state index < -0.39 is 0 Å². The molecule has 1 aliphatic rings. The molecule has 0 aliphatic heterocycles. The van der Waals surface area contributed by atoms with Crippen LogP contribution >= 0.6 is 0 Å². The molecule has 0 radical (unpaired) electrons. The molecule has 3 atom stereocenters. The number of likely N-dealkylation sites (N-methyl/N-ethyl adjacent to an activating group) is 1. The first-order chi connectivity index (χ1) is 12.0. The summed E-state index contributed by atoms with van der Waals surface area (Å²) in [5.74, 6) is 1.76. The number of fused-ring (bicyclic) bond motifs is 1. The highest BCUT2D eigenvalue weighted by atomic mass is 16.5. The Labute approximate surface area is 156 Å². The van der Waals surface area contributed by atoms with Gasteiger partial charge in [-0.1, -0.05) is 53.0 Å². The van der Waals surface area contributed by atoms with Crippen molar-refractivity contribution in [1.29, 1.82) is 0 Å². The Balaban J connectivity index is 2.50. The summed E-state index contributed by atoms with van der Waals surface area (Å²) < 4.78 is 5.57. The van der Waals surface area contributed by atoms with E-state index in [1.54, 1.807) is 12.7 Å². The lowest BCUT2D eigenvalue weighted by Gasteiger charge is -2.51. The quantitative estimate of drug-likeness (QED) is 0.558. The minimum Gasteiger partial charge on any atom is -0.497 e. The van der Waals surface area contributed by atoms with Gasteiger partial charge in [-0.05, 0) is 68.5 Å². The summed E-state index contributed by atoms with van der Waals surface area (Å²) in [5.41, 5.74) is 3.30. The number of benzene rings is 1. The third-order valence-electron chi connectivity index (χ3n) is 6.28. The Kier molecular flexibility index (Phi) is 7.37. The predicted octanol–water partition coefficient (Wildman–Crippen LogP) is 5.83. The highest BCUT2D eigenvalue weighted by Gasteiger charge is 2.46. The molecule has 0 bridgehead atoms. The first-order valence-corrected chi connectivity index (χ1v) is 10.4. The normalized spacial score (nSPS) is 25.9. The second kappa shape index (κ2) is 9.07. The number of methoxy groups -OCH3 is 1. The van der Waals surface area contributed by atoms with E-state index in [4.69, 9.17) is 4.74 Å². The lowest BCUT2D eigenvalue weighted by Crippen LogP contribution is -2.55. The van der Waals surface area contributed by atoms with Gasteiger partial charge in [0.2, 0.25) is 0 Å². The van der Waals surface area contributed by atoms with E-state index in [1.807, 2.05) is 0 Å². The number of hydrogen-bond acceptors (Lipinski definition) is 2. The van der Waals surface area contributed by atoms with Crippen molar-refractivity contribution in [2.45, 2.75) is 84.1 Å². The number of hydrogen-bond donors (Lipinski definition) is 0. The molecule has 2 rings (SSSR count). The van der Waals surface area contributed by atoms with Crippen LogP contribution in [0.3, 0.4) is 0 Å². The Bertz CT molecular complexity index is 541. The van der Waals surface area contributed by atoms with E-state index in [0.717, 1.165) is 11.7 Å². The molecule has 0 unspecified atom stereocenters. The molecule has 1 aliphatic carbocycles. The molecule has 0 saturated carbocycles. The maximum atomic E-state index is 5.57. The van der Waals surface area contributed by atoms with Gasteiger partial charge in [0, 0.05) is 11.5 Å². The van der Waals surface area contributed by atoms with Crippen molar-refractivity contribution in [2.24, 2.45) is 5.92 Å². The molecule has 0 spiro atoms. The summed E-state index contributed by atoms with van der Waals surface area (Å²) in [6.07, 6.45) is 8.85. The molecule has 1 aromatic carbocycles. The Morgan fingerprint density at radius 3 is 2.52 bits per heavy atom. The minimum atomic E-state index is 0.208. The second-order valence-electron chi connectivity index (χ2n) is 8.22. The molecule has 0 aromatic heterocycles. The predicted molar refractivity (Wildman–Crippen MR) is 109 cm³/mol. The van der Waals surface area contributed by atoms with Crippen molar-refractivity contribution in [3.63, 3.8) is 0 Å². The van der Waals surface area contributed by atoms with Crippen molar-refractivity contribution in [3.8, 4) is 5.75 Å². The molecule has 0 fully saturated rings. The van der Waals surface area contributed by atoms with Gasteiger partial charge >= 0.3 is 0 Å². The zero-order chi connectivity index (χ0) is 18.4. The third-order valence-corrected chi connectivity index (χ3v) is 6.28. The van der Waals surface area contributed by atoms with Crippen LogP contribution < -0.4 is 4.74 Å². The van der Waals surface area contributed by atoms with Crippen LogP contribution in [-0.2, 0) is 11.8 Å². The highest BCUT2D eigenvalue weighted by molar-refractivity contribution is 5.44. The van der Waals surface area contributed by atoms with Crippen molar-refractivity contribution in [3.05, 3.63) is 29.3 Å². The fraction of sp³-hybridized carbons (Fsp3) is 0.739. The average molecular weight is 346 g/mol. The zero-order valence-corrected chi connectivity index (χ0v) is 17.4. The van der Waals surface area contributed by atoms with Crippen LogP contribution in [0.15, 0.2) is 18.2 Å². The molecule has 0 heterocycles. The number of ether oxygens (including phenoxy) is 1. The molecule has 1 aromatic rings. The fourth-order valence-electron chi connectivity index (χ4n) is 5.29. The first kappa shape index (κ1) is 20.3. The lowest BCUT2D eigenvalue weighted by atomic mass is 9.60. The zero-order valence-electron chi connectivity index (χ0n) is 17.4. The van der Waals surface area contributed by atoms with E-state index in [0.29, 0.717) is 6.04 Å². The van der Waals surface area contributed by atoms with Crippen molar-refractivity contribution >= 4 is 0 Å². The van der Waals surface area contributed by atoms with Gasteiger partial charge in [0.05, 0.1) is 7.11 Å². The molecule has 142 valence electrons. The second-order valence-corrected chi connectivity index (χ2v) is 8.22. The third kappa shape index (κ3) is 4.22. The molecular weight excluding hydrogens is 306 g/mol. The van der Waals surface area contributed by atoms with Crippen molar-refractivity contribution in [2.75, 3.05) is 20.7 Å². The maximum absolute atomic E-state index is 5.57. The van der Waals surface area contributed by atoms with E-state index in [9.17, 15) is 0 Å². The topological polar surface area (TPSA) is 12.5 Å². The maximum Gasteiger partial charge on any atom is 0.119 e. The number of unbranched alkanes of at least 4 members (excludes halogenated alkanes) is 1. The Morgan fingerprint density at radius 2 is 1.92 bits per heavy atom. The minimum absolute atomic E-state index is 0.208. The van der Waals surface area contributed by atoms with Gasteiger partial charge in [0.25, 0.3) is 0 Å². The van der Waals surface area contributed by atoms with Crippen LogP contribution in [0.25, 0.3) is 0 Å². The van der Waals surface area contributed by atoms with Crippen LogP contribution in [0, 0.1) is 5.92 Å². The smallest absolute Gasteiger partial charge is 0.119 e. The van der Waals surface area contributed by atoms with Gasteiger partial charge in [-0.2, -0.15) is 0 Å². The summed E-state index contributed by atoms with van der Waals surface area (Å²) in [6, 6.07) is 7.43. The summed E-state index contributed by atoms with van der Waals surface area (Å²) >= 11 is 0. The van der Waals surface area contributed by atoms with Crippen LogP contribution in [0.5, 0.6) is 5.75 Å². The molecule has 0 N–H and O–H groups in total. The van der Waals surface area contributed by atoms with E-state index in [-0.39, 0.29) is 5.41 Å². The SMILES string of the molecule is CCCCN(C)[C@H]1[C@@H](CCC)Cc2ccc(OC)cc2[C@@]1(C)CCC. The van der Waals surface area contributed by atoms with Crippen LogP contribution in [0.1, 0.15) is 77.3 Å². The summed E-state index contributed by atoms with van der Waals surface area (Å²) in [5, 5.41) is 0. The van der Waals surface area contributed by atoms with Crippen LogP contribution in [-0.4, -0.2) is 31.6 Å². The van der Waals surface area contributed by atoms with Gasteiger partial charge in [0.15, 0.2) is 0 Å². The number of nitrogens with zero attached hydrogens (tertiary/aromatic N) is 1. The summed E-state index contributed by atoms with van der Waals surface area (Å²) in [7, 11) is 4.15. The molecule has 25 heavy (non-hydrogen) atoms. The van der Waals surface area contributed by atoms with Crippen molar-refractivity contribution < 1.29 is 4.74 Å². The van der Waals surface area contributed by atoms with Crippen molar-refractivity contribution in [1.82, 2.24) is 4.90 Å². The van der Waals surface area contributed by atoms with E-state index >= 15 is 0 Å². The van der Waals surface area contributed by atoms with Gasteiger partial charge < -0.3 is 9.64 Å². The molecule has 0 amide bonds.